The number of esters is 2. The maximum absolute atomic E-state index is 12.9. The maximum atomic E-state index is 12.9. The van der Waals surface area contributed by atoms with Gasteiger partial charge in [0.1, 0.15) is 23.1 Å². The minimum atomic E-state index is -0.416. The topological polar surface area (TPSA) is 52.6 Å². The first-order valence-electron chi connectivity index (χ1n) is 18.4. The second-order valence-corrected chi connectivity index (χ2v) is 14.1. The number of benzene rings is 4. The third-order valence-electron chi connectivity index (χ3n) is 10.4. The van der Waals surface area contributed by atoms with Crippen LogP contribution in [0.4, 0.5) is 8.78 Å². The molecule has 0 N–H and O–H groups in total. The number of rotatable bonds is 10. The van der Waals surface area contributed by atoms with E-state index in [1.807, 2.05) is 36.4 Å². The number of ether oxygens (including phenoxy) is 2. The highest BCUT2D eigenvalue weighted by Crippen LogP contribution is 2.38. The maximum Gasteiger partial charge on any atom is 0.343 e. The normalized spacial score (nSPS) is 20.2. The molecule has 0 spiro atoms. The van der Waals surface area contributed by atoms with E-state index >= 15 is 0 Å². The third kappa shape index (κ3) is 11.1. The second kappa shape index (κ2) is 18.6. The van der Waals surface area contributed by atoms with Crippen molar-refractivity contribution in [3.63, 3.8) is 0 Å². The first-order chi connectivity index (χ1) is 24.3. The summed E-state index contributed by atoms with van der Waals surface area (Å²) in [6.45, 7) is 4.57. The first-order valence-corrected chi connectivity index (χ1v) is 18.4. The van der Waals surface area contributed by atoms with Crippen LogP contribution < -0.4 is 9.47 Å². The van der Waals surface area contributed by atoms with E-state index < -0.39 is 11.9 Å². The summed E-state index contributed by atoms with van der Waals surface area (Å²) in [4.78, 5) is 24.4. The SMILES string of the molecule is CC1CCC(c2ccc(C(=O)Oc3ccc(F)cc3)cc2)CC1.CCCCCC1CCC(c2ccc(C(=O)Oc3ccc(F)cc3)cc2)CC1. The Bertz CT molecular complexity index is 1620. The lowest BCUT2D eigenvalue weighted by Gasteiger charge is -2.29. The molecular weight excluding hydrogens is 630 g/mol. The summed E-state index contributed by atoms with van der Waals surface area (Å²) in [7, 11) is 0. The number of carbonyl (C=O) groups is 2. The molecule has 0 atom stereocenters. The van der Waals surface area contributed by atoms with Crippen LogP contribution in [0.5, 0.6) is 11.5 Å². The fourth-order valence-corrected chi connectivity index (χ4v) is 7.18. The molecule has 0 unspecified atom stereocenters. The summed E-state index contributed by atoms with van der Waals surface area (Å²) in [5.41, 5.74) is 3.66. The van der Waals surface area contributed by atoms with Gasteiger partial charge in [0.05, 0.1) is 11.1 Å². The lowest BCUT2D eigenvalue weighted by Crippen LogP contribution is -2.14. The smallest absolute Gasteiger partial charge is 0.343 e. The zero-order valence-corrected chi connectivity index (χ0v) is 29.4. The van der Waals surface area contributed by atoms with Crippen LogP contribution in [-0.4, -0.2) is 11.9 Å². The molecule has 2 aliphatic carbocycles. The summed E-state index contributed by atoms with van der Waals surface area (Å²) >= 11 is 0. The Morgan fingerprint density at radius 2 is 0.960 bits per heavy atom. The van der Waals surface area contributed by atoms with Crippen molar-refractivity contribution in [1.29, 1.82) is 0 Å². The van der Waals surface area contributed by atoms with E-state index in [1.165, 1.54) is 137 Å². The van der Waals surface area contributed by atoms with E-state index in [0.717, 1.165) is 11.8 Å². The van der Waals surface area contributed by atoms with E-state index in [-0.39, 0.29) is 11.6 Å². The second-order valence-electron chi connectivity index (χ2n) is 14.1. The molecule has 264 valence electrons. The molecule has 0 aromatic heterocycles. The van der Waals surface area contributed by atoms with E-state index in [9.17, 15) is 18.4 Å². The van der Waals surface area contributed by atoms with Crippen LogP contribution in [0.3, 0.4) is 0 Å². The average Bonchev–Trinajstić information content (AvgIpc) is 3.15. The Hall–Kier alpha value is -4.32. The zero-order valence-electron chi connectivity index (χ0n) is 29.4. The minimum Gasteiger partial charge on any atom is -0.423 e. The number of halogens is 2. The molecule has 2 saturated carbocycles. The Labute approximate surface area is 296 Å². The number of carbonyl (C=O) groups excluding carboxylic acids is 2. The van der Waals surface area contributed by atoms with Crippen molar-refractivity contribution in [2.24, 2.45) is 11.8 Å². The fraction of sp³-hybridized carbons (Fsp3) is 0.409. The van der Waals surface area contributed by atoms with Crippen LogP contribution >= 0.6 is 0 Å². The largest absolute Gasteiger partial charge is 0.423 e. The highest BCUT2D eigenvalue weighted by atomic mass is 19.1. The molecule has 6 rings (SSSR count). The summed E-state index contributed by atoms with van der Waals surface area (Å²) in [5, 5.41) is 0. The highest BCUT2D eigenvalue weighted by Gasteiger charge is 2.23. The monoisotopic (exact) mass is 680 g/mol. The van der Waals surface area contributed by atoms with Crippen LogP contribution in [0, 0.1) is 23.5 Å². The van der Waals surface area contributed by atoms with Gasteiger partial charge >= 0.3 is 11.9 Å². The quantitative estimate of drug-likeness (QED) is 0.0950. The van der Waals surface area contributed by atoms with E-state index in [0.29, 0.717) is 34.5 Å². The molecule has 0 heterocycles. The Balaban J connectivity index is 0.000000197. The van der Waals surface area contributed by atoms with Crippen LogP contribution in [0.25, 0.3) is 0 Å². The lowest BCUT2D eigenvalue weighted by atomic mass is 9.77. The molecule has 4 aromatic rings. The van der Waals surface area contributed by atoms with Gasteiger partial charge in [0, 0.05) is 0 Å². The van der Waals surface area contributed by atoms with Gasteiger partial charge in [0.2, 0.25) is 0 Å². The number of unbranched alkanes of at least 4 members (excludes halogenated alkanes) is 2. The van der Waals surface area contributed by atoms with Crippen molar-refractivity contribution < 1.29 is 27.8 Å². The van der Waals surface area contributed by atoms with Gasteiger partial charge in [-0.15, -0.1) is 0 Å². The Morgan fingerprint density at radius 1 is 0.560 bits per heavy atom. The third-order valence-corrected chi connectivity index (χ3v) is 10.4. The molecule has 2 aliphatic rings. The van der Waals surface area contributed by atoms with E-state index in [4.69, 9.17) is 9.47 Å². The molecule has 50 heavy (non-hydrogen) atoms. The van der Waals surface area contributed by atoms with E-state index in [2.05, 4.69) is 26.0 Å². The van der Waals surface area contributed by atoms with Crippen molar-refractivity contribution in [2.45, 2.75) is 103 Å². The first kappa shape index (κ1) is 36.9. The molecular formula is C44H50F2O4. The van der Waals surface area contributed by atoms with Crippen LogP contribution in [0.2, 0.25) is 0 Å². The van der Waals surface area contributed by atoms with Crippen LogP contribution in [0.15, 0.2) is 97.1 Å². The fourth-order valence-electron chi connectivity index (χ4n) is 7.18. The zero-order chi connectivity index (χ0) is 35.3. The molecule has 0 aliphatic heterocycles. The van der Waals surface area contributed by atoms with Crippen molar-refractivity contribution in [2.75, 3.05) is 0 Å². The van der Waals surface area contributed by atoms with E-state index in [1.54, 1.807) is 0 Å². The van der Waals surface area contributed by atoms with Gasteiger partial charge in [-0.25, -0.2) is 18.4 Å². The lowest BCUT2D eigenvalue weighted by molar-refractivity contribution is 0.0725. The number of hydrogen-bond donors (Lipinski definition) is 0. The van der Waals surface area contributed by atoms with Crippen molar-refractivity contribution in [3.8, 4) is 11.5 Å². The Kier molecular flexibility index (Phi) is 13.8. The summed E-state index contributed by atoms with van der Waals surface area (Å²) in [5.74, 6) is 2.12. The van der Waals surface area contributed by atoms with Crippen molar-refractivity contribution in [3.05, 3.63) is 131 Å². The standard InChI is InChI=1S/C24H29FO2.C20H21FO2/c1-2-3-4-5-18-6-8-19(9-7-18)20-10-12-21(13-11-20)24(26)27-23-16-14-22(25)15-17-23;1-14-2-4-15(5-3-14)16-6-8-17(9-7-16)20(22)23-19-12-10-18(21)11-13-19/h10-19H,2-9H2,1H3;6-15H,2-5H2,1H3. The number of hydrogen-bond acceptors (Lipinski definition) is 4. The van der Waals surface area contributed by atoms with Crippen molar-refractivity contribution in [1.82, 2.24) is 0 Å². The minimum absolute atomic E-state index is 0.348. The van der Waals surface area contributed by atoms with Gasteiger partial charge < -0.3 is 9.47 Å². The van der Waals surface area contributed by atoms with Gasteiger partial charge in [-0.1, -0.05) is 76.6 Å². The predicted molar refractivity (Wildman–Crippen MR) is 195 cm³/mol. The van der Waals surface area contributed by atoms with Crippen molar-refractivity contribution >= 4 is 11.9 Å². The average molecular weight is 681 g/mol. The molecule has 0 bridgehead atoms. The Morgan fingerprint density at radius 3 is 1.36 bits per heavy atom. The summed E-state index contributed by atoms with van der Waals surface area (Å²) in [6, 6.07) is 26.4. The van der Waals surface area contributed by atoms with Gasteiger partial charge in [-0.05, 0) is 146 Å². The summed E-state index contributed by atoms with van der Waals surface area (Å²) in [6.07, 6.45) is 15.5. The van der Waals surface area contributed by atoms with Gasteiger partial charge in [-0.2, -0.15) is 0 Å². The van der Waals surface area contributed by atoms with Gasteiger partial charge in [0.25, 0.3) is 0 Å². The van der Waals surface area contributed by atoms with Crippen LogP contribution in [-0.2, 0) is 0 Å². The molecule has 0 amide bonds. The molecule has 4 nitrogen and oxygen atoms in total. The van der Waals surface area contributed by atoms with Gasteiger partial charge in [-0.3, -0.25) is 0 Å². The van der Waals surface area contributed by atoms with Gasteiger partial charge in [0.15, 0.2) is 0 Å². The molecule has 0 saturated heterocycles. The molecule has 2 fully saturated rings. The molecule has 0 radical (unpaired) electrons. The van der Waals surface area contributed by atoms with Crippen LogP contribution in [0.1, 0.15) is 135 Å². The predicted octanol–water partition coefficient (Wildman–Crippen LogP) is 12.2. The molecule has 4 aromatic carbocycles. The summed E-state index contributed by atoms with van der Waals surface area (Å²) < 4.78 is 36.3. The highest BCUT2D eigenvalue weighted by molar-refractivity contribution is 5.91. The molecule has 6 heteroatoms.